The molecule has 24 heavy (non-hydrogen) atoms. The summed E-state index contributed by atoms with van der Waals surface area (Å²) in [7, 11) is 0. The Hall–Kier alpha value is -3.14. The van der Waals surface area contributed by atoms with Gasteiger partial charge in [0.2, 0.25) is 0 Å². The van der Waals surface area contributed by atoms with Gasteiger partial charge in [0.25, 0.3) is 0 Å². The lowest BCUT2D eigenvalue weighted by molar-refractivity contribution is 0.103. The van der Waals surface area contributed by atoms with E-state index in [-0.39, 0.29) is 11.6 Å². The minimum absolute atomic E-state index is 0.248. The Bertz CT molecular complexity index is 845. The van der Waals surface area contributed by atoms with E-state index in [0.717, 1.165) is 5.56 Å². The Morgan fingerprint density at radius 3 is 2.33 bits per heavy atom. The third-order valence-corrected chi connectivity index (χ3v) is 3.62. The van der Waals surface area contributed by atoms with Gasteiger partial charge in [-0.05, 0) is 42.0 Å². The minimum Gasteiger partial charge on any atom is -0.489 e. The van der Waals surface area contributed by atoms with Crippen LogP contribution < -0.4 is 10.5 Å². The molecule has 0 saturated heterocycles. The molecule has 3 aromatic rings. The maximum Gasteiger partial charge on any atom is 0.195 e. The predicted molar refractivity (Wildman–Crippen MR) is 91.5 cm³/mol. The van der Waals surface area contributed by atoms with E-state index in [0.29, 0.717) is 29.2 Å². The lowest BCUT2D eigenvalue weighted by Crippen LogP contribution is -2.06. The van der Waals surface area contributed by atoms with E-state index < -0.39 is 0 Å². The molecule has 0 fully saturated rings. The lowest BCUT2D eigenvalue weighted by Gasteiger charge is -2.10. The Kier molecular flexibility index (Phi) is 4.57. The Labute approximate surface area is 139 Å². The molecule has 0 unspecified atom stereocenters. The summed E-state index contributed by atoms with van der Waals surface area (Å²) in [6.45, 7) is 0.422. The molecule has 0 spiro atoms. The number of rotatable bonds is 5. The number of carbonyl (C=O) groups is 1. The number of halogens is 1. The number of ketones is 1. The Morgan fingerprint density at radius 2 is 1.67 bits per heavy atom. The van der Waals surface area contributed by atoms with Crippen molar-refractivity contribution in [3.8, 4) is 5.75 Å². The fourth-order valence-electron chi connectivity index (χ4n) is 2.34. The number of nitrogen functional groups attached to an aromatic ring is 1. The fraction of sp³-hybridized carbons (Fsp3) is 0.0500. The standard InChI is InChI=1S/C20H16FNO2/c21-16-8-6-15(7-9-16)20(23)18-11-10-17(12-19(18)22)24-13-14-4-2-1-3-5-14/h1-12H,13,22H2. The van der Waals surface area contributed by atoms with Gasteiger partial charge in [0.1, 0.15) is 18.2 Å². The molecule has 0 saturated carbocycles. The molecule has 2 N–H and O–H groups in total. The SMILES string of the molecule is Nc1cc(OCc2ccccc2)ccc1C(=O)c1ccc(F)cc1. The van der Waals surface area contributed by atoms with Crippen molar-refractivity contribution in [1.29, 1.82) is 0 Å². The number of benzene rings is 3. The van der Waals surface area contributed by atoms with Gasteiger partial charge < -0.3 is 10.5 Å². The number of hydrogen-bond donors (Lipinski definition) is 1. The first-order chi connectivity index (χ1) is 11.6. The van der Waals surface area contributed by atoms with Crippen molar-refractivity contribution in [3.05, 3.63) is 95.3 Å². The zero-order valence-electron chi connectivity index (χ0n) is 12.9. The van der Waals surface area contributed by atoms with E-state index in [9.17, 15) is 9.18 Å². The fourth-order valence-corrected chi connectivity index (χ4v) is 2.34. The second-order valence-electron chi connectivity index (χ2n) is 5.36. The molecule has 0 amide bonds. The number of anilines is 1. The van der Waals surface area contributed by atoms with Gasteiger partial charge >= 0.3 is 0 Å². The molecule has 0 atom stereocenters. The number of hydrogen-bond acceptors (Lipinski definition) is 3. The first-order valence-corrected chi connectivity index (χ1v) is 7.50. The highest BCUT2D eigenvalue weighted by atomic mass is 19.1. The molecule has 0 aliphatic rings. The summed E-state index contributed by atoms with van der Waals surface area (Å²) < 4.78 is 18.6. The van der Waals surface area contributed by atoms with Crippen LogP contribution in [0.5, 0.6) is 5.75 Å². The first-order valence-electron chi connectivity index (χ1n) is 7.50. The van der Waals surface area contributed by atoms with Gasteiger partial charge in [-0.3, -0.25) is 4.79 Å². The lowest BCUT2D eigenvalue weighted by atomic mass is 10.0. The van der Waals surface area contributed by atoms with E-state index in [4.69, 9.17) is 10.5 Å². The number of nitrogens with two attached hydrogens (primary N) is 1. The van der Waals surface area contributed by atoms with E-state index in [1.807, 2.05) is 30.3 Å². The average Bonchev–Trinajstić information content (AvgIpc) is 2.61. The van der Waals surface area contributed by atoms with Crippen LogP contribution in [0.25, 0.3) is 0 Å². The van der Waals surface area contributed by atoms with Gasteiger partial charge in [-0.15, -0.1) is 0 Å². The monoisotopic (exact) mass is 321 g/mol. The molecule has 0 aliphatic heterocycles. The normalized spacial score (nSPS) is 10.4. The summed E-state index contributed by atoms with van der Waals surface area (Å²) >= 11 is 0. The second-order valence-corrected chi connectivity index (χ2v) is 5.36. The van der Waals surface area contributed by atoms with Crippen LogP contribution in [0.1, 0.15) is 21.5 Å². The molecular formula is C20H16FNO2. The molecule has 0 heterocycles. The van der Waals surface area contributed by atoms with Gasteiger partial charge in [0.05, 0.1) is 0 Å². The molecule has 4 heteroatoms. The predicted octanol–water partition coefficient (Wildman–Crippen LogP) is 4.22. The highest BCUT2D eigenvalue weighted by Gasteiger charge is 2.13. The Morgan fingerprint density at radius 1 is 0.958 bits per heavy atom. The molecule has 0 radical (unpaired) electrons. The zero-order chi connectivity index (χ0) is 16.9. The van der Waals surface area contributed by atoms with Crippen LogP contribution >= 0.6 is 0 Å². The summed E-state index contributed by atoms with van der Waals surface area (Å²) in [6, 6.07) is 20.1. The van der Waals surface area contributed by atoms with E-state index in [2.05, 4.69) is 0 Å². The highest BCUT2D eigenvalue weighted by Crippen LogP contribution is 2.23. The van der Waals surface area contributed by atoms with Gasteiger partial charge in [0.15, 0.2) is 5.78 Å². The van der Waals surface area contributed by atoms with Gasteiger partial charge in [-0.25, -0.2) is 4.39 Å². The van der Waals surface area contributed by atoms with Gasteiger partial charge in [0, 0.05) is 22.9 Å². The topological polar surface area (TPSA) is 52.3 Å². The van der Waals surface area contributed by atoms with Crippen LogP contribution in [-0.2, 0) is 6.61 Å². The average molecular weight is 321 g/mol. The Balaban J connectivity index is 1.74. The molecule has 0 bridgehead atoms. The first kappa shape index (κ1) is 15.7. The molecule has 120 valence electrons. The molecule has 3 rings (SSSR count). The summed E-state index contributed by atoms with van der Waals surface area (Å²) in [5.74, 6) is -0.0432. The van der Waals surface area contributed by atoms with Crippen LogP contribution in [0.3, 0.4) is 0 Å². The van der Waals surface area contributed by atoms with E-state index in [1.54, 1.807) is 18.2 Å². The third kappa shape index (κ3) is 3.60. The maximum absolute atomic E-state index is 13.0. The van der Waals surface area contributed by atoms with Crippen LogP contribution in [-0.4, -0.2) is 5.78 Å². The van der Waals surface area contributed by atoms with Crippen molar-refractivity contribution >= 4 is 11.5 Å². The summed E-state index contributed by atoms with van der Waals surface area (Å²) in [6.07, 6.45) is 0. The van der Waals surface area contributed by atoms with Crippen molar-refractivity contribution in [2.45, 2.75) is 6.61 Å². The molecule has 3 nitrogen and oxygen atoms in total. The van der Waals surface area contributed by atoms with Gasteiger partial charge in [-0.1, -0.05) is 30.3 Å². The minimum atomic E-state index is -0.385. The molecular weight excluding hydrogens is 305 g/mol. The van der Waals surface area contributed by atoms with Crippen molar-refractivity contribution in [3.63, 3.8) is 0 Å². The second kappa shape index (κ2) is 6.96. The van der Waals surface area contributed by atoms with Crippen molar-refractivity contribution < 1.29 is 13.9 Å². The number of ether oxygens (including phenoxy) is 1. The maximum atomic E-state index is 13.0. The van der Waals surface area contributed by atoms with E-state index in [1.165, 1.54) is 24.3 Å². The van der Waals surface area contributed by atoms with Crippen LogP contribution in [0, 0.1) is 5.82 Å². The van der Waals surface area contributed by atoms with Crippen molar-refractivity contribution in [2.24, 2.45) is 0 Å². The quantitative estimate of drug-likeness (QED) is 0.565. The van der Waals surface area contributed by atoms with E-state index >= 15 is 0 Å². The van der Waals surface area contributed by atoms with Crippen molar-refractivity contribution in [1.82, 2.24) is 0 Å². The van der Waals surface area contributed by atoms with Gasteiger partial charge in [-0.2, -0.15) is 0 Å². The van der Waals surface area contributed by atoms with Crippen LogP contribution in [0.15, 0.2) is 72.8 Å². The smallest absolute Gasteiger partial charge is 0.195 e. The molecule has 0 aliphatic carbocycles. The molecule has 0 aromatic heterocycles. The van der Waals surface area contributed by atoms with Crippen LogP contribution in [0.2, 0.25) is 0 Å². The largest absolute Gasteiger partial charge is 0.489 e. The van der Waals surface area contributed by atoms with Crippen molar-refractivity contribution in [2.75, 3.05) is 5.73 Å². The summed E-state index contributed by atoms with van der Waals surface area (Å²) in [5, 5.41) is 0. The highest BCUT2D eigenvalue weighted by molar-refractivity contribution is 6.12. The number of carbonyl (C=O) groups excluding carboxylic acids is 1. The zero-order valence-corrected chi connectivity index (χ0v) is 12.9. The summed E-state index contributed by atoms with van der Waals surface area (Å²) in [5.41, 5.74) is 8.12. The summed E-state index contributed by atoms with van der Waals surface area (Å²) in [4.78, 5) is 12.4. The molecule has 3 aromatic carbocycles. The third-order valence-electron chi connectivity index (χ3n) is 3.62. The van der Waals surface area contributed by atoms with Crippen LogP contribution in [0.4, 0.5) is 10.1 Å².